The van der Waals surface area contributed by atoms with Crippen LogP contribution in [0.15, 0.2) is 23.9 Å². The summed E-state index contributed by atoms with van der Waals surface area (Å²) >= 11 is 3.21. The molecule has 0 saturated heterocycles. The summed E-state index contributed by atoms with van der Waals surface area (Å²) in [5.74, 6) is 0. The first-order valence-electron chi connectivity index (χ1n) is 7.20. The van der Waals surface area contributed by atoms with Gasteiger partial charge in [-0.1, -0.05) is 11.3 Å². The summed E-state index contributed by atoms with van der Waals surface area (Å²) in [4.78, 5) is 9.75. The normalized spacial score (nSPS) is 10.3. The predicted molar refractivity (Wildman–Crippen MR) is 98.1 cm³/mol. The fourth-order valence-corrected chi connectivity index (χ4v) is 3.73. The number of thiophene rings is 1. The van der Waals surface area contributed by atoms with Crippen LogP contribution in [0.1, 0.15) is 28.5 Å². The second-order valence-corrected chi connectivity index (χ2v) is 6.76. The van der Waals surface area contributed by atoms with Gasteiger partial charge < -0.3 is 4.90 Å². The molecule has 0 aromatic carbocycles. The van der Waals surface area contributed by atoms with Crippen molar-refractivity contribution in [1.29, 1.82) is 10.5 Å². The SMILES string of the molecule is CCN(CC)c1ncc(/C=C/c2ccc(C=C(C#N)C#N)s2)s1. The molecule has 6 heteroatoms. The van der Waals surface area contributed by atoms with Crippen LogP contribution in [0.4, 0.5) is 5.13 Å². The molecule has 0 aliphatic heterocycles. The Morgan fingerprint density at radius 3 is 2.39 bits per heavy atom. The highest BCUT2D eigenvalue weighted by Gasteiger charge is 2.06. The third kappa shape index (κ3) is 4.53. The van der Waals surface area contributed by atoms with E-state index in [4.69, 9.17) is 10.5 Å². The highest BCUT2D eigenvalue weighted by molar-refractivity contribution is 7.16. The van der Waals surface area contributed by atoms with Gasteiger partial charge in [0.05, 0.1) is 0 Å². The summed E-state index contributed by atoms with van der Waals surface area (Å²) in [6.07, 6.45) is 7.55. The van der Waals surface area contributed by atoms with Gasteiger partial charge in [-0.15, -0.1) is 11.3 Å². The highest BCUT2D eigenvalue weighted by atomic mass is 32.1. The number of rotatable bonds is 6. The Hall–Kier alpha value is -2.41. The van der Waals surface area contributed by atoms with Gasteiger partial charge in [-0.3, -0.25) is 0 Å². The van der Waals surface area contributed by atoms with Crippen LogP contribution in [0.5, 0.6) is 0 Å². The van der Waals surface area contributed by atoms with Gasteiger partial charge >= 0.3 is 0 Å². The molecule has 116 valence electrons. The third-order valence-corrected chi connectivity index (χ3v) is 5.15. The fourth-order valence-electron chi connectivity index (χ4n) is 1.93. The van der Waals surface area contributed by atoms with Crippen molar-refractivity contribution in [2.45, 2.75) is 13.8 Å². The number of nitriles is 2. The summed E-state index contributed by atoms with van der Waals surface area (Å²) in [6, 6.07) is 7.63. The van der Waals surface area contributed by atoms with Gasteiger partial charge in [-0.2, -0.15) is 10.5 Å². The average molecular weight is 340 g/mol. The van der Waals surface area contributed by atoms with Gasteiger partial charge in [0.25, 0.3) is 0 Å². The number of thiazole rings is 1. The highest BCUT2D eigenvalue weighted by Crippen LogP contribution is 2.26. The summed E-state index contributed by atoms with van der Waals surface area (Å²) in [6.45, 7) is 6.15. The molecular weight excluding hydrogens is 324 g/mol. The van der Waals surface area contributed by atoms with Crippen LogP contribution in [0.2, 0.25) is 0 Å². The Labute approximate surface area is 144 Å². The molecule has 0 saturated carbocycles. The van der Waals surface area contributed by atoms with Crippen molar-refractivity contribution in [1.82, 2.24) is 4.98 Å². The molecule has 0 atom stereocenters. The number of anilines is 1. The molecule has 0 amide bonds. The van der Waals surface area contributed by atoms with Crippen molar-refractivity contribution in [3.05, 3.63) is 38.5 Å². The Morgan fingerprint density at radius 2 is 1.74 bits per heavy atom. The molecule has 0 spiro atoms. The van der Waals surface area contributed by atoms with E-state index in [-0.39, 0.29) is 5.57 Å². The van der Waals surface area contributed by atoms with Gasteiger partial charge in [0.1, 0.15) is 17.7 Å². The maximum absolute atomic E-state index is 8.77. The minimum Gasteiger partial charge on any atom is -0.349 e. The lowest BCUT2D eigenvalue weighted by Gasteiger charge is -2.16. The molecule has 0 radical (unpaired) electrons. The zero-order valence-electron chi connectivity index (χ0n) is 13.0. The van der Waals surface area contributed by atoms with Crippen molar-refractivity contribution < 1.29 is 0 Å². The Morgan fingerprint density at radius 1 is 1.09 bits per heavy atom. The lowest BCUT2D eigenvalue weighted by atomic mass is 10.3. The van der Waals surface area contributed by atoms with Crippen LogP contribution in [0, 0.1) is 22.7 Å². The second kappa shape index (κ2) is 8.28. The minimum atomic E-state index is 0.119. The largest absolute Gasteiger partial charge is 0.349 e. The quantitative estimate of drug-likeness (QED) is 0.718. The number of hydrogen-bond acceptors (Lipinski definition) is 6. The van der Waals surface area contributed by atoms with Gasteiger partial charge in [0, 0.05) is 33.9 Å². The summed E-state index contributed by atoms with van der Waals surface area (Å²) in [7, 11) is 0. The van der Waals surface area contributed by atoms with Crippen LogP contribution in [-0.4, -0.2) is 18.1 Å². The molecular formula is C17H16N4S2. The third-order valence-electron chi connectivity index (χ3n) is 3.13. The maximum atomic E-state index is 8.77. The van der Waals surface area contributed by atoms with Crippen LogP contribution < -0.4 is 4.90 Å². The summed E-state index contributed by atoms with van der Waals surface area (Å²) < 4.78 is 0. The Balaban J connectivity index is 2.10. The van der Waals surface area contributed by atoms with Gasteiger partial charge in [-0.05, 0) is 44.2 Å². The lowest BCUT2D eigenvalue weighted by Crippen LogP contribution is -2.21. The smallest absolute Gasteiger partial charge is 0.185 e. The van der Waals surface area contributed by atoms with Gasteiger partial charge in [0.15, 0.2) is 5.13 Å². The monoisotopic (exact) mass is 340 g/mol. The Bertz CT molecular complexity index is 779. The van der Waals surface area contributed by atoms with Crippen LogP contribution in [-0.2, 0) is 0 Å². The number of allylic oxidation sites excluding steroid dienone is 1. The van der Waals surface area contributed by atoms with E-state index < -0.39 is 0 Å². The van der Waals surface area contributed by atoms with Gasteiger partial charge in [0.2, 0.25) is 0 Å². The molecule has 23 heavy (non-hydrogen) atoms. The van der Waals surface area contributed by atoms with E-state index >= 15 is 0 Å². The molecule has 0 N–H and O–H groups in total. The van der Waals surface area contributed by atoms with Crippen molar-refractivity contribution in [3.8, 4) is 12.1 Å². The molecule has 2 aromatic heterocycles. The van der Waals surface area contributed by atoms with E-state index in [9.17, 15) is 0 Å². The molecule has 2 heterocycles. The zero-order chi connectivity index (χ0) is 16.7. The summed E-state index contributed by atoms with van der Waals surface area (Å²) in [5, 5.41) is 18.6. The van der Waals surface area contributed by atoms with Crippen LogP contribution >= 0.6 is 22.7 Å². The molecule has 0 unspecified atom stereocenters. The van der Waals surface area contributed by atoms with Crippen molar-refractivity contribution in [2.75, 3.05) is 18.0 Å². The van der Waals surface area contributed by atoms with Crippen molar-refractivity contribution in [2.24, 2.45) is 0 Å². The number of hydrogen-bond donors (Lipinski definition) is 0. The molecule has 0 fully saturated rings. The van der Waals surface area contributed by atoms with E-state index in [2.05, 4.69) is 23.7 Å². The average Bonchev–Trinajstić information content (AvgIpc) is 3.21. The first-order chi connectivity index (χ1) is 11.2. The molecule has 4 nitrogen and oxygen atoms in total. The first kappa shape index (κ1) is 17.0. The van der Waals surface area contributed by atoms with Gasteiger partial charge in [-0.25, -0.2) is 4.98 Å². The minimum absolute atomic E-state index is 0.119. The van der Waals surface area contributed by atoms with Crippen LogP contribution in [0.3, 0.4) is 0 Å². The standard InChI is InChI=1S/C17H16N4S2/c1-3-21(4-2)17-20-12-16(23-17)8-6-14-5-7-15(22-14)9-13(10-18)11-19/h5-9,12H,3-4H2,1-2H3/b8-6+. The fraction of sp³-hybridized carbons (Fsp3) is 0.235. The van der Waals surface area contributed by atoms with Crippen molar-refractivity contribution >= 4 is 46.0 Å². The van der Waals surface area contributed by atoms with Crippen molar-refractivity contribution in [3.63, 3.8) is 0 Å². The second-order valence-electron chi connectivity index (χ2n) is 4.57. The predicted octanol–water partition coefficient (Wildman–Crippen LogP) is 4.65. The summed E-state index contributed by atoms with van der Waals surface area (Å²) in [5.41, 5.74) is 0.119. The van der Waals surface area contributed by atoms with E-state index in [1.807, 2.05) is 42.6 Å². The van der Waals surface area contributed by atoms with Crippen LogP contribution in [0.25, 0.3) is 18.2 Å². The number of nitrogens with zero attached hydrogens (tertiary/aromatic N) is 4. The Kier molecular flexibility index (Phi) is 6.10. The van der Waals surface area contributed by atoms with E-state index in [0.717, 1.165) is 32.9 Å². The topological polar surface area (TPSA) is 63.7 Å². The zero-order valence-corrected chi connectivity index (χ0v) is 14.6. The molecule has 2 aromatic rings. The molecule has 0 aliphatic rings. The van der Waals surface area contributed by atoms with E-state index in [1.54, 1.807) is 28.7 Å². The maximum Gasteiger partial charge on any atom is 0.185 e. The molecule has 2 rings (SSSR count). The van der Waals surface area contributed by atoms with E-state index in [0.29, 0.717) is 0 Å². The number of aromatic nitrogens is 1. The van der Waals surface area contributed by atoms with E-state index in [1.165, 1.54) is 0 Å². The first-order valence-corrected chi connectivity index (χ1v) is 8.84. The molecule has 0 bridgehead atoms. The lowest BCUT2D eigenvalue weighted by molar-refractivity contribution is 0.860. The molecule has 0 aliphatic carbocycles.